The van der Waals surface area contributed by atoms with Gasteiger partial charge in [0.25, 0.3) is 0 Å². The Morgan fingerprint density at radius 1 is 1.29 bits per heavy atom. The second-order valence-corrected chi connectivity index (χ2v) is 4.70. The molecule has 1 aliphatic rings. The van der Waals surface area contributed by atoms with Crippen molar-refractivity contribution in [2.45, 2.75) is 52.6 Å². The van der Waals surface area contributed by atoms with Crippen LogP contribution in [0.15, 0.2) is 0 Å². The maximum atomic E-state index is 3.64. The summed E-state index contributed by atoms with van der Waals surface area (Å²) in [5, 5.41) is 3.64. The highest BCUT2D eigenvalue weighted by molar-refractivity contribution is 4.83. The maximum Gasteiger partial charge on any atom is 0.0221 e. The molecular formula is C12H26N2. The van der Waals surface area contributed by atoms with E-state index in [0.29, 0.717) is 6.04 Å². The molecule has 2 nitrogen and oxygen atoms in total. The molecule has 0 aromatic carbocycles. The first kappa shape index (κ1) is 12.0. The molecule has 0 radical (unpaired) electrons. The van der Waals surface area contributed by atoms with E-state index < -0.39 is 0 Å². The molecule has 0 aromatic heterocycles. The van der Waals surface area contributed by atoms with Crippen molar-refractivity contribution in [1.82, 2.24) is 10.2 Å². The van der Waals surface area contributed by atoms with Crippen molar-refractivity contribution < 1.29 is 0 Å². The van der Waals surface area contributed by atoms with E-state index in [4.69, 9.17) is 0 Å². The summed E-state index contributed by atoms with van der Waals surface area (Å²) in [5.74, 6) is 0.807. The molecule has 0 saturated carbocycles. The molecule has 14 heavy (non-hydrogen) atoms. The first-order valence-corrected chi connectivity index (χ1v) is 6.16. The van der Waals surface area contributed by atoms with E-state index in [9.17, 15) is 0 Å². The number of nitrogens with zero attached hydrogens (tertiary/aromatic N) is 1. The lowest BCUT2D eigenvalue weighted by atomic mass is 9.96. The van der Waals surface area contributed by atoms with Gasteiger partial charge in [-0.05, 0) is 19.3 Å². The van der Waals surface area contributed by atoms with Crippen molar-refractivity contribution in [1.29, 1.82) is 0 Å². The fraction of sp³-hybridized carbons (Fsp3) is 1.00. The Balaban J connectivity index is 2.43. The van der Waals surface area contributed by atoms with Crippen LogP contribution in [0.5, 0.6) is 0 Å². The van der Waals surface area contributed by atoms with E-state index in [1.165, 1.54) is 32.5 Å². The van der Waals surface area contributed by atoms with E-state index >= 15 is 0 Å². The first-order valence-electron chi connectivity index (χ1n) is 6.16. The molecule has 1 aliphatic heterocycles. The topological polar surface area (TPSA) is 15.3 Å². The van der Waals surface area contributed by atoms with E-state index in [2.05, 4.69) is 37.9 Å². The van der Waals surface area contributed by atoms with Gasteiger partial charge in [-0.15, -0.1) is 0 Å². The SMILES string of the molecule is CCC(C)C1CN(C(C)CC)CCN1. The van der Waals surface area contributed by atoms with E-state index in [0.717, 1.165) is 12.0 Å². The van der Waals surface area contributed by atoms with E-state index in [-0.39, 0.29) is 0 Å². The molecular weight excluding hydrogens is 172 g/mol. The average Bonchev–Trinajstić information content (AvgIpc) is 2.27. The molecule has 0 spiro atoms. The Hall–Kier alpha value is -0.0800. The Labute approximate surface area is 89.1 Å². The van der Waals surface area contributed by atoms with Gasteiger partial charge in [-0.1, -0.05) is 27.2 Å². The molecule has 3 atom stereocenters. The van der Waals surface area contributed by atoms with Gasteiger partial charge in [0.1, 0.15) is 0 Å². The number of nitrogens with one attached hydrogen (secondary N) is 1. The van der Waals surface area contributed by atoms with Gasteiger partial charge < -0.3 is 5.32 Å². The molecule has 2 heteroatoms. The second kappa shape index (κ2) is 5.72. The standard InChI is InChI=1S/C12H26N2/c1-5-10(3)12-9-14(8-7-13-12)11(4)6-2/h10-13H,5-9H2,1-4H3. The van der Waals surface area contributed by atoms with E-state index in [1.54, 1.807) is 0 Å². The zero-order valence-electron chi connectivity index (χ0n) is 10.2. The molecule has 1 rings (SSSR count). The van der Waals surface area contributed by atoms with Crippen LogP contribution in [0.4, 0.5) is 0 Å². The lowest BCUT2D eigenvalue weighted by Gasteiger charge is -2.39. The minimum atomic E-state index is 0.711. The van der Waals surface area contributed by atoms with Gasteiger partial charge in [0.05, 0.1) is 0 Å². The third kappa shape index (κ3) is 2.96. The van der Waals surface area contributed by atoms with Gasteiger partial charge >= 0.3 is 0 Å². The third-order valence-corrected chi connectivity index (χ3v) is 3.78. The van der Waals surface area contributed by atoms with Crippen LogP contribution in [0.2, 0.25) is 0 Å². The Morgan fingerprint density at radius 3 is 2.57 bits per heavy atom. The first-order chi connectivity index (χ1) is 6.69. The van der Waals surface area contributed by atoms with Crippen LogP contribution in [0.3, 0.4) is 0 Å². The number of rotatable bonds is 4. The molecule has 1 heterocycles. The number of hydrogen-bond acceptors (Lipinski definition) is 2. The van der Waals surface area contributed by atoms with Crippen LogP contribution in [-0.2, 0) is 0 Å². The van der Waals surface area contributed by atoms with Crippen LogP contribution >= 0.6 is 0 Å². The maximum absolute atomic E-state index is 3.64. The predicted octanol–water partition coefficient (Wildman–Crippen LogP) is 2.10. The lowest BCUT2D eigenvalue weighted by molar-refractivity contribution is 0.127. The third-order valence-electron chi connectivity index (χ3n) is 3.78. The highest BCUT2D eigenvalue weighted by Gasteiger charge is 2.24. The van der Waals surface area contributed by atoms with E-state index in [1.807, 2.05) is 0 Å². The summed E-state index contributed by atoms with van der Waals surface area (Å²) in [7, 11) is 0. The van der Waals surface area contributed by atoms with Gasteiger partial charge in [-0.25, -0.2) is 0 Å². The summed E-state index contributed by atoms with van der Waals surface area (Å²) in [6, 6.07) is 1.46. The van der Waals surface area contributed by atoms with Crippen LogP contribution in [0.25, 0.3) is 0 Å². The number of piperazine rings is 1. The van der Waals surface area contributed by atoms with Gasteiger partial charge in [0, 0.05) is 31.7 Å². The molecule has 0 amide bonds. The summed E-state index contributed by atoms with van der Waals surface area (Å²) in [4.78, 5) is 2.63. The van der Waals surface area contributed by atoms with Crippen molar-refractivity contribution in [2.75, 3.05) is 19.6 Å². The molecule has 1 fully saturated rings. The van der Waals surface area contributed by atoms with Crippen LogP contribution < -0.4 is 5.32 Å². The van der Waals surface area contributed by atoms with Crippen molar-refractivity contribution >= 4 is 0 Å². The fourth-order valence-electron chi connectivity index (χ4n) is 2.13. The van der Waals surface area contributed by atoms with Crippen LogP contribution in [0, 0.1) is 5.92 Å². The van der Waals surface area contributed by atoms with Gasteiger partial charge in [-0.2, -0.15) is 0 Å². The van der Waals surface area contributed by atoms with Crippen molar-refractivity contribution in [2.24, 2.45) is 5.92 Å². The molecule has 1 saturated heterocycles. The summed E-state index contributed by atoms with van der Waals surface area (Å²) in [5.41, 5.74) is 0. The predicted molar refractivity (Wildman–Crippen MR) is 62.6 cm³/mol. The largest absolute Gasteiger partial charge is 0.311 e. The van der Waals surface area contributed by atoms with Crippen molar-refractivity contribution in [3.05, 3.63) is 0 Å². The molecule has 84 valence electrons. The normalized spacial score (nSPS) is 28.7. The molecule has 0 aliphatic carbocycles. The van der Waals surface area contributed by atoms with Crippen molar-refractivity contribution in [3.8, 4) is 0 Å². The number of hydrogen-bond donors (Lipinski definition) is 1. The van der Waals surface area contributed by atoms with Crippen LogP contribution in [0.1, 0.15) is 40.5 Å². The summed E-state index contributed by atoms with van der Waals surface area (Å²) in [6.07, 6.45) is 2.55. The Kier molecular flexibility index (Phi) is 4.90. The second-order valence-electron chi connectivity index (χ2n) is 4.70. The minimum Gasteiger partial charge on any atom is -0.311 e. The van der Waals surface area contributed by atoms with Gasteiger partial charge in [0.15, 0.2) is 0 Å². The molecule has 0 aromatic rings. The monoisotopic (exact) mass is 198 g/mol. The van der Waals surface area contributed by atoms with Gasteiger partial charge in [0.2, 0.25) is 0 Å². The highest BCUT2D eigenvalue weighted by atomic mass is 15.2. The lowest BCUT2D eigenvalue weighted by Crippen LogP contribution is -2.55. The molecule has 0 bridgehead atoms. The molecule has 3 unspecified atom stereocenters. The molecule has 1 N–H and O–H groups in total. The summed E-state index contributed by atoms with van der Waals surface area (Å²) in [6.45, 7) is 12.9. The fourth-order valence-corrected chi connectivity index (χ4v) is 2.13. The highest BCUT2D eigenvalue weighted by Crippen LogP contribution is 2.14. The Bertz CT molecular complexity index is 142. The van der Waals surface area contributed by atoms with Crippen LogP contribution in [-0.4, -0.2) is 36.6 Å². The summed E-state index contributed by atoms with van der Waals surface area (Å²) < 4.78 is 0. The van der Waals surface area contributed by atoms with Crippen molar-refractivity contribution in [3.63, 3.8) is 0 Å². The smallest absolute Gasteiger partial charge is 0.0221 e. The quantitative estimate of drug-likeness (QED) is 0.744. The Morgan fingerprint density at radius 2 is 2.00 bits per heavy atom. The summed E-state index contributed by atoms with van der Waals surface area (Å²) >= 11 is 0. The van der Waals surface area contributed by atoms with Gasteiger partial charge in [-0.3, -0.25) is 4.90 Å². The average molecular weight is 198 g/mol. The minimum absolute atomic E-state index is 0.711. The zero-order valence-corrected chi connectivity index (χ0v) is 10.2. The zero-order chi connectivity index (χ0) is 10.6.